The molecule has 0 radical (unpaired) electrons. The van der Waals surface area contributed by atoms with Crippen molar-refractivity contribution in [1.29, 1.82) is 0 Å². The Morgan fingerprint density at radius 3 is 1.79 bits per heavy atom. The first kappa shape index (κ1) is 37.7. The number of allylic oxidation sites excluding steroid dienone is 2. The molecule has 5 nitrogen and oxygen atoms in total. The summed E-state index contributed by atoms with van der Waals surface area (Å²) in [4.78, 5) is 24.3. The van der Waals surface area contributed by atoms with Gasteiger partial charge >= 0.3 is 11.9 Å². The van der Waals surface area contributed by atoms with E-state index >= 15 is 0 Å². The van der Waals surface area contributed by atoms with Gasteiger partial charge in [0, 0.05) is 6.42 Å². The summed E-state index contributed by atoms with van der Waals surface area (Å²) in [6, 6.07) is 0. The lowest BCUT2D eigenvalue weighted by molar-refractivity contribution is -0.160. The Hall–Kier alpha value is -0.273. The molecule has 0 saturated carbocycles. The highest BCUT2D eigenvalue weighted by Crippen LogP contribution is 2.37. The van der Waals surface area contributed by atoms with Gasteiger partial charge < -0.3 is 13.9 Å². The van der Waals surface area contributed by atoms with Crippen LogP contribution in [0.15, 0.2) is 12.2 Å². The van der Waals surface area contributed by atoms with Crippen LogP contribution < -0.4 is 0 Å². The smallest absolute Gasteiger partial charge is 0.359 e. The molecule has 0 N–H and O–H groups in total. The molecule has 38 heavy (non-hydrogen) atoms. The minimum Gasteiger partial charge on any atom is -0.462 e. The van der Waals surface area contributed by atoms with Gasteiger partial charge in [-0.2, -0.15) is 0 Å². The molecule has 0 rings (SSSR count). The lowest BCUT2D eigenvalue weighted by Gasteiger charge is -2.37. The van der Waals surface area contributed by atoms with E-state index in [1.165, 1.54) is 51.4 Å². The second-order valence-electron chi connectivity index (χ2n) is 11.6. The number of carbonyl (C=O) groups is 2. The highest BCUT2D eigenvalue weighted by atomic mass is 35.6. The van der Waals surface area contributed by atoms with Crippen LogP contribution in [0.5, 0.6) is 0 Å². The summed E-state index contributed by atoms with van der Waals surface area (Å²) in [6.45, 7) is 12.7. The van der Waals surface area contributed by atoms with Gasteiger partial charge in [-0.05, 0) is 50.2 Å². The van der Waals surface area contributed by atoms with Gasteiger partial charge in [0.15, 0.2) is 14.4 Å². The molecule has 0 aromatic carbocycles. The highest BCUT2D eigenvalue weighted by Gasteiger charge is 2.39. The first-order chi connectivity index (χ1) is 17.7. The predicted octanol–water partition coefficient (Wildman–Crippen LogP) is 9.87. The fourth-order valence-electron chi connectivity index (χ4n) is 3.45. The van der Waals surface area contributed by atoms with Crippen LogP contribution in [0.2, 0.25) is 18.1 Å². The van der Waals surface area contributed by atoms with Gasteiger partial charge in [0.1, 0.15) is 6.61 Å². The maximum atomic E-state index is 12.2. The molecule has 0 aliphatic rings. The van der Waals surface area contributed by atoms with Crippen molar-refractivity contribution in [1.82, 2.24) is 0 Å². The zero-order chi connectivity index (χ0) is 29.1. The van der Waals surface area contributed by atoms with E-state index in [1.807, 2.05) is 0 Å². The Balaban J connectivity index is 4.15. The van der Waals surface area contributed by atoms with E-state index in [2.05, 4.69) is 52.9 Å². The quantitative estimate of drug-likeness (QED) is 0.0423. The molecule has 0 fully saturated rings. The molecule has 0 unspecified atom stereocenters. The van der Waals surface area contributed by atoms with E-state index in [9.17, 15) is 9.59 Å². The highest BCUT2D eigenvalue weighted by molar-refractivity contribution is 6.75. The van der Waals surface area contributed by atoms with Gasteiger partial charge in [-0.15, -0.1) is 0 Å². The molecule has 0 aliphatic heterocycles. The molecule has 0 amide bonds. The van der Waals surface area contributed by atoms with Crippen molar-refractivity contribution < 1.29 is 23.5 Å². The lowest BCUT2D eigenvalue weighted by atomic mass is 10.1. The molecule has 0 spiro atoms. The van der Waals surface area contributed by atoms with E-state index in [4.69, 9.17) is 48.7 Å². The zero-order valence-electron chi connectivity index (χ0n) is 24.7. The number of carbonyl (C=O) groups excluding carboxylic acids is 2. The van der Waals surface area contributed by atoms with Crippen LogP contribution in [0.3, 0.4) is 0 Å². The van der Waals surface area contributed by atoms with Gasteiger partial charge in [-0.25, -0.2) is 4.79 Å². The SMILES string of the molecule is CCCCCCCC/C=C\CCCCCCCC(=O)OC[C@@H](CO[Si](C)(C)C(C)(C)C)OC(=O)C(Cl)(Cl)Cl. The Kier molecular flexibility index (Phi) is 20.4. The van der Waals surface area contributed by atoms with Crippen LogP contribution in [0, 0.1) is 0 Å². The maximum absolute atomic E-state index is 12.2. The Morgan fingerprint density at radius 1 is 0.789 bits per heavy atom. The predicted molar refractivity (Wildman–Crippen MR) is 164 cm³/mol. The van der Waals surface area contributed by atoms with E-state index in [-0.39, 0.29) is 24.2 Å². The maximum Gasteiger partial charge on any atom is 0.359 e. The summed E-state index contributed by atoms with van der Waals surface area (Å²) >= 11 is 16.9. The van der Waals surface area contributed by atoms with Crippen molar-refractivity contribution in [2.75, 3.05) is 13.2 Å². The summed E-state index contributed by atoms with van der Waals surface area (Å²) in [6.07, 6.45) is 19.7. The van der Waals surface area contributed by atoms with E-state index < -0.39 is 24.2 Å². The minimum atomic E-state index is -2.21. The van der Waals surface area contributed by atoms with Crippen molar-refractivity contribution >= 4 is 55.1 Å². The van der Waals surface area contributed by atoms with Crippen molar-refractivity contribution in [2.24, 2.45) is 0 Å². The average Bonchev–Trinajstić information content (AvgIpc) is 2.81. The van der Waals surface area contributed by atoms with Crippen LogP contribution in [-0.2, 0) is 23.5 Å². The Morgan fingerprint density at radius 2 is 1.29 bits per heavy atom. The monoisotopic (exact) mass is 614 g/mol. The van der Waals surface area contributed by atoms with Crippen LogP contribution in [0.4, 0.5) is 0 Å². The molecule has 9 heteroatoms. The number of hydrogen-bond donors (Lipinski definition) is 0. The fourth-order valence-corrected chi connectivity index (χ4v) is 4.62. The van der Waals surface area contributed by atoms with E-state index in [0.717, 1.165) is 32.1 Å². The van der Waals surface area contributed by atoms with Gasteiger partial charge in [-0.3, -0.25) is 4.79 Å². The molecule has 224 valence electrons. The lowest BCUT2D eigenvalue weighted by Crippen LogP contribution is -2.44. The standard InChI is InChI=1S/C29H53Cl3O5Si/c1-7-8-9-10-11-12-13-14-15-16-17-18-19-20-21-22-26(33)35-23-25(37-27(34)29(30,31)32)24-36-38(5,6)28(2,3)4/h14-15,25H,7-13,16-24H2,1-6H3/b15-14-/t25-/m0/s1. The molecule has 0 aliphatic carbocycles. The second-order valence-corrected chi connectivity index (χ2v) is 18.7. The second kappa shape index (κ2) is 20.6. The van der Waals surface area contributed by atoms with Crippen LogP contribution in [0.1, 0.15) is 118 Å². The largest absolute Gasteiger partial charge is 0.462 e. The molecule has 0 aromatic rings. The summed E-state index contributed by atoms with van der Waals surface area (Å²) < 4.78 is 14.6. The third-order valence-electron chi connectivity index (χ3n) is 7.01. The van der Waals surface area contributed by atoms with E-state index in [0.29, 0.717) is 6.42 Å². The number of halogens is 3. The first-order valence-corrected chi connectivity index (χ1v) is 18.5. The van der Waals surface area contributed by atoms with Crippen molar-refractivity contribution in [3.05, 3.63) is 12.2 Å². The zero-order valence-corrected chi connectivity index (χ0v) is 28.0. The third kappa shape index (κ3) is 19.7. The summed E-state index contributed by atoms with van der Waals surface area (Å²) in [5.74, 6) is -1.34. The fraction of sp³-hybridized carbons (Fsp3) is 0.862. The van der Waals surface area contributed by atoms with Gasteiger partial charge in [0.05, 0.1) is 6.61 Å². The topological polar surface area (TPSA) is 61.8 Å². The normalized spacial score (nSPS) is 13.6. The number of esters is 2. The molecule has 0 aromatic heterocycles. The van der Waals surface area contributed by atoms with Crippen LogP contribution in [-0.4, -0.2) is 43.4 Å². The van der Waals surface area contributed by atoms with Gasteiger partial charge in [-0.1, -0.05) is 126 Å². The summed E-state index contributed by atoms with van der Waals surface area (Å²) in [5, 5.41) is -0.0305. The number of alkyl halides is 3. The molecular weight excluding hydrogens is 563 g/mol. The van der Waals surface area contributed by atoms with Crippen molar-refractivity contribution in [3.63, 3.8) is 0 Å². The summed E-state index contributed by atoms with van der Waals surface area (Å²) in [5.41, 5.74) is 0. The first-order valence-electron chi connectivity index (χ1n) is 14.4. The number of ether oxygens (including phenoxy) is 2. The van der Waals surface area contributed by atoms with Crippen molar-refractivity contribution in [3.8, 4) is 0 Å². The van der Waals surface area contributed by atoms with Crippen molar-refractivity contribution in [2.45, 2.75) is 146 Å². The van der Waals surface area contributed by atoms with Gasteiger partial charge in [0.25, 0.3) is 3.79 Å². The van der Waals surface area contributed by atoms with Crippen LogP contribution in [0.25, 0.3) is 0 Å². The molecule has 0 bridgehead atoms. The van der Waals surface area contributed by atoms with E-state index in [1.54, 1.807) is 0 Å². The Labute approximate surface area is 248 Å². The minimum absolute atomic E-state index is 0.0305. The summed E-state index contributed by atoms with van der Waals surface area (Å²) in [7, 11) is -2.11. The number of unbranched alkanes of at least 4 members (excludes halogenated alkanes) is 11. The molecule has 0 saturated heterocycles. The average molecular weight is 616 g/mol. The number of rotatable bonds is 21. The van der Waals surface area contributed by atoms with Crippen LogP contribution >= 0.6 is 34.8 Å². The molecular formula is C29H53Cl3O5Si. The third-order valence-corrected chi connectivity index (χ3v) is 12.0. The molecule has 1 atom stereocenters. The Bertz CT molecular complexity index is 672. The number of hydrogen-bond acceptors (Lipinski definition) is 5. The molecule has 0 heterocycles. The van der Waals surface area contributed by atoms with Gasteiger partial charge in [0.2, 0.25) is 0 Å².